The molecular weight excluding hydrogens is 474 g/mol. The van der Waals surface area contributed by atoms with E-state index in [2.05, 4.69) is 20.8 Å². The van der Waals surface area contributed by atoms with Crippen molar-refractivity contribution < 1.29 is 24.2 Å². The molecular formula is C22H27N7O5S. The number of aromatic hydroxyl groups is 1. The van der Waals surface area contributed by atoms with Crippen LogP contribution in [0.4, 0.5) is 0 Å². The molecule has 2 aromatic rings. The fraction of sp³-hybridized carbons (Fsp3) is 0.545. The highest BCUT2D eigenvalue weighted by Crippen LogP contribution is 2.58. The van der Waals surface area contributed by atoms with Gasteiger partial charge in [-0.3, -0.25) is 19.7 Å². The lowest BCUT2D eigenvalue weighted by molar-refractivity contribution is -0.165. The van der Waals surface area contributed by atoms with E-state index >= 15 is 0 Å². The first-order valence-electron chi connectivity index (χ1n) is 11.2. The van der Waals surface area contributed by atoms with Crippen LogP contribution in [0.2, 0.25) is 0 Å². The van der Waals surface area contributed by atoms with Crippen molar-refractivity contribution in [3.63, 3.8) is 0 Å². The summed E-state index contributed by atoms with van der Waals surface area (Å²) >= 11 is 1.59. The number of aromatic nitrogens is 4. The van der Waals surface area contributed by atoms with Crippen LogP contribution in [-0.2, 0) is 25.9 Å². The molecule has 3 unspecified atom stereocenters. The number of fused-ring (bicyclic) bond motifs is 1. The highest BCUT2D eigenvalue weighted by Gasteiger charge is 2.67. The van der Waals surface area contributed by atoms with Crippen LogP contribution in [0.15, 0.2) is 24.3 Å². The number of esters is 1. The Labute approximate surface area is 206 Å². The Morgan fingerprint density at radius 2 is 1.86 bits per heavy atom. The molecule has 3 fully saturated rings. The number of nitrogens with zero attached hydrogens (tertiary/aromatic N) is 6. The van der Waals surface area contributed by atoms with Gasteiger partial charge in [0.25, 0.3) is 0 Å². The first kappa shape index (κ1) is 23.5. The topological polar surface area (TPSA) is 143 Å². The van der Waals surface area contributed by atoms with Crippen molar-refractivity contribution in [2.75, 3.05) is 0 Å². The van der Waals surface area contributed by atoms with Crippen LogP contribution in [-0.4, -0.2) is 74.7 Å². The van der Waals surface area contributed by atoms with Crippen molar-refractivity contribution in [3.8, 4) is 5.75 Å². The van der Waals surface area contributed by atoms with Gasteiger partial charge < -0.3 is 19.6 Å². The zero-order valence-corrected chi connectivity index (χ0v) is 20.8. The number of carbonyl (C=O) groups excluding carboxylic acids is 3. The van der Waals surface area contributed by atoms with Crippen LogP contribution in [0.1, 0.15) is 58.1 Å². The number of carbonyl (C=O) groups is 3. The third-order valence-electron chi connectivity index (χ3n) is 6.70. The summed E-state index contributed by atoms with van der Waals surface area (Å²) in [7, 11) is 0. The number of rotatable bonds is 5. The van der Waals surface area contributed by atoms with Gasteiger partial charge in [0.05, 0.1) is 5.66 Å². The largest absolute Gasteiger partial charge is 0.508 e. The molecule has 1 aromatic carbocycles. The molecule has 35 heavy (non-hydrogen) atoms. The standard InChI is InChI=1S/C22H27N7O5S/c1-11(30)34-10-27-17(24-25-26-27)16-21(2,3)35-20-15(19(33)28(16)20)29-18(32)14(23-22(29,4)5)12-6-8-13(31)9-7-12/h6-9,14-16,20,23,31H,10H2,1-5H3/t14?,15?,16?,20-/m1/s1. The number of hydrogen-bond donors (Lipinski definition) is 2. The van der Waals surface area contributed by atoms with Gasteiger partial charge in [0.1, 0.15) is 29.2 Å². The predicted molar refractivity (Wildman–Crippen MR) is 123 cm³/mol. The number of hydrogen-bond acceptors (Lipinski definition) is 10. The van der Waals surface area contributed by atoms with Gasteiger partial charge in [-0.05, 0) is 55.8 Å². The second-order valence-corrected chi connectivity index (χ2v) is 11.7. The first-order valence-corrected chi connectivity index (χ1v) is 12.1. The van der Waals surface area contributed by atoms with Crippen molar-refractivity contribution in [2.24, 2.45) is 0 Å². The molecule has 2 N–H and O–H groups in total. The second-order valence-electron chi connectivity index (χ2n) is 9.94. The lowest BCUT2D eigenvalue weighted by Crippen LogP contribution is -2.71. The monoisotopic (exact) mass is 501 g/mol. The Morgan fingerprint density at radius 3 is 2.51 bits per heavy atom. The Bertz CT molecular complexity index is 1200. The summed E-state index contributed by atoms with van der Waals surface area (Å²) in [6, 6.07) is 4.73. The van der Waals surface area contributed by atoms with Gasteiger partial charge in [0, 0.05) is 11.7 Å². The summed E-state index contributed by atoms with van der Waals surface area (Å²) < 4.78 is 5.98. The van der Waals surface area contributed by atoms with Gasteiger partial charge >= 0.3 is 5.97 Å². The summed E-state index contributed by atoms with van der Waals surface area (Å²) in [5.41, 5.74) is -0.0555. The van der Waals surface area contributed by atoms with E-state index in [0.29, 0.717) is 11.4 Å². The smallest absolute Gasteiger partial charge is 0.304 e. The molecule has 0 spiro atoms. The maximum Gasteiger partial charge on any atom is 0.304 e. The molecule has 0 bridgehead atoms. The molecule has 1 aromatic heterocycles. The number of ether oxygens (including phenoxy) is 1. The minimum absolute atomic E-state index is 0.117. The Kier molecular flexibility index (Phi) is 5.33. The normalized spacial score (nSPS) is 28.7. The minimum Gasteiger partial charge on any atom is -0.508 e. The number of β-lactam (4-membered cyclic amide) rings is 1. The molecule has 4 heterocycles. The molecule has 2 amide bonds. The predicted octanol–water partition coefficient (Wildman–Crippen LogP) is 0.912. The molecule has 3 saturated heterocycles. The maximum atomic E-state index is 13.6. The first-order chi connectivity index (χ1) is 16.4. The zero-order chi connectivity index (χ0) is 25.3. The molecule has 0 radical (unpaired) electrons. The van der Waals surface area contributed by atoms with Crippen LogP contribution >= 0.6 is 11.8 Å². The third kappa shape index (κ3) is 3.64. The van der Waals surface area contributed by atoms with Crippen LogP contribution in [0.3, 0.4) is 0 Å². The van der Waals surface area contributed by atoms with E-state index < -0.39 is 34.5 Å². The number of benzene rings is 1. The molecule has 3 aliphatic heterocycles. The number of phenolic OH excluding ortho intramolecular Hbond substituents is 1. The molecule has 4 atom stereocenters. The highest BCUT2D eigenvalue weighted by atomic mass is 32.2. The average Bonchev–Trinajstić information content (AvgIpc) is 3.40. The van der Waals surface area contributed by atoms with Gasteiger partial charge in [0.15, 0.2) is 12.6 Å². The van der Waals surface area contributed by atoms with E-state index in [9.17, 15) is 19.5 Å². The van der Waals surface area contributed by atoms with Gasteiger partial charge in [-0.15, -0.1) is 16.9 Å². The van der Waals surface area contributed by atoms with Crippen molar-refractivity contribution in [1.29, 1.82) is 0 Å². The summed E-state index contributed by atoms with van der Waals surface area (Å²) in [6.45, 7) is 8.91. The van der Waals surface area contributed by atoms with E-state index in [1.807, 2.05) is 27.7 Å². The van der Waals surface area contributed by atoms with E-state index in [1.165, 1.54) is 23.7 Å². The SMILES string of the molecule is CC(=O)OCn1nnnc1C1N2C(=O)C(N3C(=O)C(c4ccc(O)cc4)NC3(C)C)[C@H]2SC1(C)C. The van der Waals surface area contributed by atoms with E-state index in [-0.39, 0.29) is 29.7 Å². The molecule has 0 saturated carbocycles. The van der Waals surface area contributed by atoms with Crippen LogP contribution in [0.5, 0.6) is 5.75 Å². The highest BCUT2D eigenvalue weighted by molar-refractivity contribution is 8.01. The molecule has 5 rings (SSSR count). The van der Waals surface area contributed by atoms with Crippen LogP contribution in [0, 0.1) is 0 Å². The van der Waals surface area contributed by atoms with Gasteiger partial charge in [-0.25, -0.2) is 0 Å². The molecule has 3 aliphatic rings. The van der Waals surface area contributed by atoms with E-state index in [0.717, 1.165) is 0 Å². The van der Waals surface area contributed by atoms with Gasteiger partial charge in [0.2, 0.25) is 11.8 Å². The summed E-state index contributed by atoms with van der Waals surface area (Å²) in [6.07, 6.45) is 0. The van der Waals surface area contributed by atoms with Crippen LogP contribution in [0.25, 0.3) is 0 Å². The zero-order valence-electron chi connectivity index (χ0n) is 20.0. The number of amides is 2. The molecule has 186 valence electrons. The Morgan fingerprint density at radius 1 is 1.17 bits per heavy atom. The van der Waals surface area contributed by atoms with Crippen LogP contribution < -0.4 is 5.32 Å². The Hall–Kier alpha value is -3.19. The fourth-order valence-electron chi connectivity index (χ4n) is 5.18. The van der Waals surface area contributed by atoms with Crippen molar-refractivity contribution in [1.82, 2.24) is 35.3 Å². The minimum atomic E-state index is -0.772. The average molecular weight is 502 g/mol. The van der Waals surface area contributed by atoms with Crippen molar-refractivity contribution in [3.05, 3.63) is 35.7 Å². The van der Waals surface area contributed by atoms with Crippen molar-refractivity contribution >= 4 is 29.5 Å². The quantitative estimate of drug-likeness (QED) is 0.448. The third-order valence-corrected chi connectivity index (χ3v) is 8.25. The number of phenols is 1. The maximum absolute atomic E-state index is 13.6. The van der Waals surface area contributed by atoms with E-state index in [1.54, 1.807) is 33.7 Å². The second kappa shape index (κ2) is 7.92. The molecule has 0 aliphatic carbocycles. The summed E-state index contributed by atoms with van der Waals surface area (Å²) in [5, 5.41) is 24.5. The van der Waals surface area contributed by atoms with E-state index in [4.69, 9.17) is 4.74 Å². The van der Waals surface area contributed by atoms with Gasteiger partial charge in [-0.1, -0.05) is 12.1 Å². The molecule has 12 nitrogen and oxygen atoms in total. The summed E-state index contributed by atoms with van der Waals surface area (Å²) in [5.74, 6) is -0.304. The van der Waals surface area contributed by atoms with Crippen molar-refractivity contribution in [2.45, 2.75) is 75.3 Å². The number of thioether (sulfide) groups is 1. The molecule has 13 heteroatoms. The summed E-state index contributed by atoms with van der Waals surface area (Å²) in [4.78, 5) is 41.8. The fourth-order valence-corrected chi connectivity index (χ4v) is 6.85. The lowest BCUT2D eigenvalue weighted by atomic mass is 9.93. The Balaban J connectivity index is 1.43. The van der Waals surface area contributed by atoms with Gasteiger partial charge in [-0.2, -0.15) is 4.68 Å². The lowest BCUT2D eigenvalue weighted by Gasteiger charge is -2.50. The number of nitrogens with one attached hydrogen (secondary N) is 1. The number of tetrazole rings is 1.